The van der Waals surface area contributed by atoms with Crippen molar-refractivity contribution in [2.75, 3.05) is 26.2 Å². The zero-order valence-electron chi connectivity index (χ0n) is 11.0. The fourth-order valence-electron chi connectivity index (χ4n) is 2.27. The van der Waals surface area contributed by atoms with E-state index < -0.39 is 10.0 Å². The second kappa shape index (κ2) is 5.86. The van der Waals surface area contributed by atoms with Crippen molar-refractivity contribution < 1.29 is 8.42 Å². The van der Waals surface area contributed by atoms with Crippen molar-refractivity contribution >= 4 is 26.0 Å². The molecule has 0 aromatic carbocycles. The second-order valence-corrected chi connectivity index (χ2v) is 7.14. The van der Waals surface area contributed by atoms with Crippen LogP contribution in [0.3, 0.4) is 0 Å². The Balaban J connectivity index is 1.99. The molecule has 2 rings (SSSR count). The summed E-state index contributed by atoms with van der Waals surface area (Å²) in [4.78, 5) is 2.32. The molecule has 1 fully saturated rings. The molecule has 19 heavy (non-hydrogen) atoms. The van der Waals surface area contributed by atoms with Crippen LogP contribution in [0.5, 0.6) is 0 Å². The number of hydrogen-bond acceptors (Lipinski definition) is 5. The molecule has 9 heteroatoms. The third-order valence-corrected chi connectivity index (χ3v) is 5.68. The summed E-state index contributed by atoms with van der Waals surface area (Å²) in [6.45, 7) is 5.57. The smallest absolute Gasteiger partial charge is 0.260 e. The van der Waals surface area contributed by atoms with Crippen LogP contribution in [0.25, 0.3) is 0 Å². The highest BCUT2D eigenvalue weighted by Gasteiger charge is 2.27. The first-order valence-corrected chi connectivity index (χ1v) is 8.49. The first-order valence-electron chi connectivity index (χ1n) is 6.21. The van der Waals surface area contributed by atoms with Crippen molar-refractivity contribution in [2.24, 2.45) is 13.0 Å². The maximum atomic E-state index is 12.2. The van der Waals surface area contributed by atoms with E-state index in [1.165, 1.54) is 4.68 Å². The van der Waals surface area contributed by atoms with Crippen LogP contribution < -0.4 is 4.72 Å². The van der Waals surface area contributed by atoms with Crippen LogP contribution >= 0.6 is 15.9 Å². The highest BCUT2D eigenvalue weighted by atomic mass is 79.9. The summed E-state index contributed by atoms with van der Waals surface area (Å²) >= 11 is 3.11. The standard InChI is InChI=1S/C10H18BrN5O2S/c1-3-16-5-4-8(7-16)6-12-19(17,18)10-9(11)13-14-15(10)2/h8,12H,3-7H2,1-2H3. The lowest BCUT2D eigenvalue weighted by Gasteiger charge is -2.13. The summed E-state index contributed by atoms with van der Waals surface area (Å²) in [5.41, 5.74) is 0. The molecule has 0 aliphatic carbocycles. The van der Waals surface area contributed by atoms with E-state index in [1.807, 2.05) is 0 Å². The molecule has 1 unspecified atom stereocenters. The van der Waals surface area contributed by atoms with Gasteiger partial charge in [0.15, 0.2) is 4.60 Å². The number of aryl methyl sites for hydroxylation is 1. The van der Waals surface area contributed by atoms with Crippen LogP contribution in [0.1, 0.15) is 13.3 Å². The van der Waals surface area contributed by atoms with Gasteiger partial charge in [0.25, 0.3) is 10.0 Å². The number of halogens is 1. The lowest BCUT2D eigenvalue weighted by molar-refractivity contribution is 0.342. The molecular weight excluding hydrogens is 334 g/mol. The van der Waals surface area contributed by atoms with Gasteiger partial charge in [-0.15, -0.1) is 5.10 Å². The number of likely N-dealkylation sites (tertiary alicyclic amines) is 1. The Kier molecular flexibility index (Phi) is 4.59. The van der Waals surface area contributed by atoms with Gasteiger partial charge in [0, 0.05) is 20.1 Å². The molecule has 0 bridgehead atoms. The lowest BCUT2D eigenvalue weighted by Crippen LogP contribution is -2.32. The predicted octanol–water partition coefficient (Wildman–Crippen LogP) is 0.198. The van der Waals surface area contributed by atoms with Crippen molar-refractivity contribution in [3.8, 4) is 0 Å². The number of nitrogens with zero attached hydrogens (tertiary/aromatic N) is 4. The molecule has 1 aromatic heterocycles. The van der Waals surface area contributed by atoms with Crippen molar-refractivity contribution in [3.63, 3.8) is 0 Å². The van der Waals surface area contributed by atoms with E-state index in [-0.39, 0.29) is 9.63 Å². The minimum absolute atomic E-state index is 0.0674. The SMILES string of the molecule is CCN1CCC(CNS(=O)(=O)c2c(Br)nnn2C)C1. The third kappa shape index (κ3) is 3.33. The topological polar surface area (TPSA) is 80.1 Å². The van der Waals surface area contributed by atoms with Crippen LogP contribution in [0.15, 0.2) is 9.63 Å². The van der Waals surface area contributed by atoms with Crippen LogP contribution in [0, 0.1) is 5.92 Å². The molecule has 0 radical (unpaired) electrons. The summed E-state index contributed by atoms with van der Waals surface area (Å²) in [5.74, 6) is 0.370. The molecule has 0 spiro atoms. The quantitative estimate of drug-likeness (QED) is 0.819. The maximum absolute atomic E-state index is 12.2. The molecule has 1 aliphatic heterocycles. The van der Waals surface area contributed by atoms with Gasteiger partial charge in [-0.1, -0.05) is 12.1 Å². The molecule has 1 aliphatic rings. The first kappa shape index (κ1) is 14.9. The minimum Gasteiger partial charge on any atom is -0.303 e. The summed E-state index contributed by atoms with van der Waals surface area (Å²) in [6.07, 6.45) is 1.03. The molecule has 0 saturated carbocycles. The summed E-state index contributed by atoms with van der Waals surface area (Å²) < 4.78 is 28.5. The molecule has 108 valence electrons. The van der Waals surface area contributed by atoms with E-state index >= 15 is 0 Å². The van der Waals surface area contributed by atoms with Crippen LogP contribution in [0.2, 0.25) is 0 Å². The highest BCUT2D eigenvalue weighted by Crippen LogP contribution is 2.19. The Morgan fingerprint density at radius 2 is 2.26 bits per heavy atom. The van der Waals surface area contributed by atoms with Gasteiger partial charge in [-0.05, 0) is 41.4 Å². The number of nitrogens with one attached hydrogen (secondary N) is 1. The number of rotatable bonds is 5. The molecular formula is C10H18BrN5O2S. The molecule has 1 atom stereocenters. The van der Waals surface area contributed by atoms with Gasteiger partial charge in [-0.3, -0.25) is 0 Å². The van der Waals surface area contributed by atoms with Crippen LogP contribution in [-0.2, 0) is 17.1 Å². The van der Waals surface area contributed by atoms with E-state index in [4.69, 9.17) is 0 Å². The summed E-state index contributed by atoms with van der Waals surface area (Å²) in [7, 11) is -2.01. The van der Waals surface area contributed by atoms with E-state index in [0.717, 1.165) is 26.1 Å². The second-order valence-electron chi connectivity index (χ2n) is 4.71. The van der Waals surface area contributed by atoms with Gasteiger partial charge >= 0.3 is 0 Å². The van der Waals surface area contributed by atoms with Gasteiger partial charge in [-0.25, -0.2) is 17.8 Å². The van der Waals surface area contributed by atoms with Crippen LogP contribution in [-0.4, -0.2) is 54.5 Å². The van der Waals surface area contributed by atoms with Crippen molar-refractivity contribution in [1.29, 1.82) is 0 Å². The van der Waals surface area contributed by atoms with Gasteiger partial charge in [0.05, 0.1) is 0 Å². The van der Waals surface area contributed by atoms with Crippen LogP contribution in [0.4, 0.5) is 0 Å². The predicted molar refractivity (Wildman–Crippen MR) is 74.1 cm³/mol. The molecule has 0 amide bonds. The van der Waals surface area contributed by atoms with Gasteiger partial charge in [-0.2, -0.15) is 0 Å². The number of aromatic nitrogens is 3. The van der Waals surface area contributed by atoms with Crippen molar-refractivity contribution in [3.05, 3.63) is 4.60 Å². The minimum atomic E-state index is -3.57. The molecule has 1 saturated heterocycles. The molecule has 1 N–H and O–H groups in total. The average molecular weight is 352 g/mol. The zero-order chi connectivity index (χ0) is 14.0. The van der Waals surface area contributed by atoms with E-state index in [9.17, 15) is 8.42 Å². The highest BCUT2D eigenvalue weighted by molar-refractivity contribution is 9.10. The Hall–Kier alpha value is -0.510. The largest absolute Gasteiger partial charge is 0.303 e. The van der Waals surface area contributed by atoms with Gasteiger partial charge < -0.3 is 4.90 Å². The van der Waals surface area contributed by atoms with Gasteiger partial charge in [0.1, 0.15) is 0 Å². The summed E-state index contributed by atoms with van der Waals surface area (Å²) in [6, 6.07) is 0. The Morgan fingerprint density at radius 3 is 2.79 bits per heavy atom. The molecule has 7 nitrogen and oxygen atoms in total. The average Bonchev–Trinajstić information content (AvgIpc) is 2.94. The number of sulfonamides is 1. The monoisotopic (exact) mass is 351 g/mol. The fourth-order valence-corrected chi connectivity index (χ4v) is 4.48. The molecule has 2 heterocycles. The fraction of sp³-hybridized carbons (Fsp3) is 0.800. The van der Waals surface area contributed by atoms with Crippen molar-refractivity contribution in [1.82, 2.24) is 24.6 Å². The van der Waals surface area contributed by atoms with Gasteiger partial charge in [0.2, 0.25) is 5.03 Å². The van der Waals surface area contributed by atoms with E-state index in [1.54, 1.807) is 7.05 Å². The van der Waals surface area contributed by atoms with E-state index in [0.29, 0.717) is 12.5 Å². The Bertz CT molecular complexity index is 525. The first-order chi connectivity index (χ1) is 8.94. The zero-order valence-corrected chi connectivity index (χ0v) is 13.4. The Morgan fingerprint density at radius 1 is 1.53 bits per heavy atom. The third-order valence-electron chi connectivity index (χ3n) is 3.37. The maximum Gasteiger partial charge on any atom is 0.260 e. The van der Waals surface area contributed by atoms with Crippen molar-refractivity contribution in [2.45, 2.75) is 18.4 Å². The lowest BCUT2D eigenvalue weighted by atomic mass is 10.1. The molecule has 1 aromatic rings. The number of hydrogen-bond donors (Lipinski definition) is 1. The summed E-state index contributed by atoms with van der Waals surface area (Å²) in [5, 5.41) is 7.44. The Labute approximate surface area is 121 Å². The van der Waals surface area contributed by atoms with E-state index in [2.05, 4.69) is 42.8 Å². The normalized spacial score (nSPS) is 21.1.